The van der Waals surface area contributed by atoms with Crippen molar-refractivity contribution >= 4 is 0 Å². The molecule has 0 spiro atoms. The first-order chi connectivity index (χ1) is 8.22. The Kier molecular flexibility index (Phi) is 5.80. The molecule has 1 aromatic carbocycles. The van der Waals surface area contributed by atoms with E-state index in [2.05, 4.69) is 5.32 Å². The fourth-order valence-corrected chi connectivity index (χ4v) is 1.75. The Hall–Kier alpha value is -1.26. The summed E-state index contributed by atoms with van der Waals surface area (Å²) in [6, 6.07) is 5.88. The van der Waals surface area contributed by atoms with Crippen LogP contribution >= 0.6 is 0 Å². The topological polar surface area (TPSA) is 56.5 Å². The van der Waals surface area contributed by atoms with Gasteiger partial charge in [0.2, 0.25) is 0 Å². The predicted octanol–water partition coefficient (Wildman–Crippen LogP) is 1.70. The molecule has 0 aromatic heterocycles. The Bertz CT molecular complexity index is 342. The summed E-state index contributed by atoms with van der Waals surface area (Å²) >= 11 is 0. The summed E-state index contributed by atoms with van der Waals surface area (Å²) in [5.41, 5.74) is 7.21. The standard InChI is InChI=1S/C13H22N2O2/c1-15-8-4-5-11(14)10-6-7-12(16-2)13(9-10)17-3/h6-7,9,11,15H,4-5,8,14H2,1-3H3/t11-/m1/s1. The first kappa shape index (κ1) is 13.8. The van der Waals surface area contributed by atoms with E-state index >= 15 is 0 Å². The molecule has 0 saturated heterocycles. The van der Waals surface area contributed by atoms with Crippen LogP contribution in [-0.4, -0.2) is 27.8 Å². The Balaban J connectivity index is 2.70. The molecule has 0 heterocycles. The molecule has 1 rings (SSSR count). The van der Waals surface area contributed by atoms with Crippen LogP contribution in [0.15, 0.2) is 18.2 Å². The van der Waals surface area contributed by atoms with Crippen molar-refractivity contribution in [3.63, 3.8) is 0 Å². The van der Waals surface area contributed by atoms with Crippen LogP contribution in [-0.2, 0) is 0 Å². The average molecular weight is 238 g/mol. The normalized spacial score (nSPS) is 12.2. The zero-order chi connectivity index (χ0) is 12.7. The first-order valence-electron chi connectivity index (χ1n) is 5.85. The van der Waals surface area contributed by atoms with Gasteiger partial charge in [-0.15, -0.1) is 0 Å². The lowest BCUT2D eigenvalue weighted by molar-refractivity contribution is 0.354. The van der Waals surface area contributed by atoms with Crippen molar-refractivity contribution in [1.82, 2.24) is 5.32 Å². The van der Waals surface area contributed by atoms with Gasteiger partial charge in [0.15, 0.2) is 11.5 Å². The summed E-state index contributed by atoms with van der Waals surface area (Å²) < 4.78 is 10.5. The van der Waals surface area contributed by atoms with Gasteiger partial charge < -0.3 is 20.5 Å². The smallest absolute Gasteiger partial charge is 0.161 e. The van der Waals surface area contributed by atoms with E-state index in [1.165, 1.54) is 0 Å². The number of methoxy groups -OCH3 is 2. The second kappa shape index (κ2) is 7.14. The highest BCUT2D eigenvalue weighted by molar-refractivity contribution is 5.43. The molecule has 0 aliphatic rings. The van der Waals surface area contributed by atoms with Gasteiger partial charge in [0.25, 0.3) is 0 Å². The van der Waals surface area contributed by atoms with E-state index in [-0.39, 0.29) is 6.04 Å². The molecule has 0 amide bonds. The molecule has 4 heteroatoms. The minimum atomic E-state index is 0.0446. The number of hydrogen-bond donors (Lipinski definition) is 2. The number of benzene rings is 1. The van der Waals surface area contributed by atoms with Gasteiger partial charge in [-0.25, -0.2) is 0 Å². The van der Waals surface area contributed by atoms with Crippen molar-refractivity contribution in [3.8, 4) is 11.5 Å². The number of nitrogens with two attached hydrogens (primary N) is 1. The third-order valence-corrected chi connectivity index (χ3v) is 2.78. The summed E-state index contributed by atoms with van der Waals surface area (Å²) in [5.74, 6) is 1.47. The third-order valence-electron chi connectivity index (χ3n) is 2.78. The van der Waals surface area contributed by atoms with Crippen LogP contribution in [0.4, 0.5) is 0 Å². The van der Waals surface area contributed by atoms with E-state index in [1.807, 2.05) is 25.2 Å². The van der Waals surface area contributed by atoms with E-state index in [9.17, 15) is 0 Å². The average Bonchev–Trinajstić information content (AvgIpc) is 2.38. The van der Waals surface area contributed by atoms with Gasteiger partial charge in [-0.05, 0) is 44.1 Å². The number of hydrogen-bond acceptors (Lipinski definition) is 4. The molecule has 4 nitrogen and oxygen atoms in total. The molecule has 0 fully saturated rings. The van der Waals surface area contributed by atoms with Crippen molar-refractivity contribution in [3.05, 3.63) is 23.8 Å². The minimum Gasteiger partial charge on any atom is -0.493 e. The van der Waals surface area contributed by atoms with Gasteiger partial charge in [-0.3, -0.25) is 0 Å². The second-order valence-corrected chi connectivity index (χ2v) is 3.97. The van der Waals surface area contributed by atoms with Crippen LogP contribution < -0.4 is 20.5 Å². The SMILES string of the molecule is CNCCC[C@@H](N)c1ccc(OC)c(OC)c1. The summed E-state index contributed by atoms with van der Waals surface area (Å²) in [5, 5.41) is 3.12. The monoisotopic (exact) mass is 238 g/mol. The molecule has 0 aliphatic heterocycles. The van der Waals surface area contributed by atoms with Crippen molar-refractivity contribution < 1.29 is 9.47 Å². The lowest BCUT2D eigenvalue weighted by atomic mass is 10.0. The highest BCUT2D eigenvalue weighted by atomic mass is 16.5. The summed E-state index contributed by atoms with van der Waals surface area (Å²) in [6.07, 6.45) is 2.02. The van der Waals surface area contributed by atoms with Crippen molar-refractivity contribution in [1.29, 1.82) is 0 Å². The van der Waals surface area contributed by atoms with Gasteiger partial charge in [0.1, 0.15) is 0 Å². The van der Waals surface area contributed by atoms with Crippen LogP contribution in [0.3, 0.4) is 0 Å². The first-order valence-corrected chi connectivity index (χ1v) is 5.85. The van der Waals surface area contributed by atoms with E-state index in [1.54, 1.807) is 14.2 Å². The molecule has 1 aromatic rings. The van der Waals surface area contributed by atoms with Gasteiger partial charge in [0.05, 0.1) is 14.2 Å². The Morgan fingerprint density at radius 1 is 1.24 bits per heavy atom. The highest BCUT2D eigenvalue weighted by Gasteiger charge is 2.10. The van der Waals surface area contributed by atoms with Crippen LogP contribution in [0, 0.1) is 0 Å². The zero-order valence-electron chi connectivity index (χ0n) is 10.8. The maximum atomic E-state index is 6.13. The van der Waals surface area contributed by atoms with Gasteiger partial charge in [-0.2, -0.15) is 0 Å². The quantitative estimate of drug-likeness (QED) is 0.710. The van der Waals surface area contributed by atoms with Gasteiger partial charge in [0, 0.05) is 6.04 Å². The summed E-state index contributed by atoms with van der Waals surface area (Å²) in [4.78, 5) is 0. The van der Waals surface area contributed by atoms with Crippen LogP contribution in [0.25, 0.3) is 0 Å². The third kappa shape index (κ3) is 3.91. The second-order valence-electron chi connectivity index (χ2n) is 3.97. The Labute approximate surface area is 103 Å². The number of nitrogens with one attached hydrogen (secondary N) is 1. The van der Waals surface area contributed by atoms with E-state index in [4.69, 9.17) is 15.2 Å². The highest BCUT2D eigenvalue weighted by Crippen LogP contribution is 2.30. The van der Waals surface area contributed by atoms with Crippen LogP contribution in [0.2, 0.25) is 0 Å². The molecular weight excluding hydrogens is 216 g/mol. The fraction of sp³-hybridized carbons (Fsp3) is 0.538. The largest absolute Gasteiger partial charge is 0.493 e. The molecule has 0 unspecified atom stereocenters. The van der Waals surface area contributed by atoms with Gasteiger partial charge >= 0.3 is 0 Å². The van der Waals surface area contributed by atoms with E-state index < -0.39 is 0 Å². The maximum Gasteiger partial charge on any atom is 0.161 e. The Morgan fingerprint density at radius 2 is 1.94 bits per heavy atom. The van der Waals surface area contributed by atoms with E-state index in [0.717, 1.165) is 36.4 Å². The molecule has 0 radical (unpaired) electrons. The summed E-state index contributed by atoms with van der Waals surface area (Å²) in [6.45, 7) is 0.987. The van der Waals surface area contributed by atoms with Crippen molar-refractivity contribution in [2.45, 2.75) is 18.9 Å². The molecule has 96 valence electrons. The molecule has 17 heavy (non-hydrogen) atoms. The number of rotatable bonds is 7. The maximum absolute atomic E-state index is 6.13. The molecule has 0 aliphatic carbocycles. The molecular formula is C13H22N2O2. The van der Waals surface area contributed by atoms with Gasteiger partial charge in [-0.1, -0.05) is 6.07 Å². The van der Waals surface area contributed by atoms with Crippen molar-refractivity contribution in [2.24, 2.45) is 5.73 Å². The minimum absolute atomic E-state index is 0.0446. The lowest BCUT2D eigenvalue weighted by Crippen LogP contribution is -2.14. The number of ether oxygens (including phenoxy) is 2. The fourth-order valence-electron chi connectivity index (χ4n) is 1.75. The van der Waals surface area contributed by atoms with Crippen LogP contribution in [0.5, 0.6) is 11.5 Å². The summed E-state index contributed by atoms with van der Waals surface area (Å²) in [7, 11) is 5.21. The van der Waals surface area contributed by atoms with Crippen molar-refractivity contribution in [2.75, 3.05) is 27.8 Å². The molecule has 0 bridgehead atoms. The lowest BCUT2D eigenvalue weighted by Gasteiger charge is -2.14. The van der Waals surface area contributed by atoms with E-state index in [0.29, 0.717) is 0 Å². The molecule has 3 N–H and O–H groups in total. The molecule has 1 atom stereocenters. The van der Waals surface area contributed by atoms with Crippen LogP contribution in [0.1, 0.15) is 24.4 Å². The predicted molar refractivity (Wildman–Crippen MR) is 69.6 cm³/mol. The Morgan fingerprint density at radius 3 is 2.53 bits per heavy atom. The molecule has 0 saturated carbocycles. The zero-order valence-corrected chi connectivity index (χ0v) is 10.8.